The van der Waals surface area contributed by atoms with Gasteiger partial charge in [-0.15, -0.1) is 11.3 Å². The number of aromatic nitrogens is 1. The highest BCUT2D eigenvalue weighted by atomic mass is 32.1. The van der Waals surface area contributed by atoms with Crippen LogP contribution < -0.4 is 11.1 Å². The number of nitrogens with two attached hydrogens (primary N) is 1. The van der Waals surface area contributed by atoms with E-state index in [4.69, 9.17) is 5.73 Å². The summed E-state index contributed by atoms with van der Waals surface area (Å²) in [6, 6.07) is 10.4. The molecule has 0 radical (unpaired) electrons. The van der Waals surface area contributed by atoms with E-state index in [0.717, 1.165) is 16.6 Å². The van der Waals surface area contributed by atoms with E-state index in [-0.39, 0.29) is 6.04 Å². The van der Waals surface area contributed by atoms with Crippen LogP contribution in [-0.2, 0) is 0 Å². The summed E-state index contributed by atoms with van der Waals surface area (Å²) in [5.74, 6) is 0. The van der Waals surface area contributed by atoms with Crippen LogP contribution in [0.15, 0.2) is 36.5 Å². The molecule has 0 saturated carbocycles. The first-order chi connectivity index (χ1) is 10.1. The number of pyridine rings is 1. The van der Waals surface area contributed by atoms with Crippen LogP contribution in [0, 0.1) is 13.8 Å². The first kappa shape index (κ1) is 13.9. The molecule has 1 aromatic carbocycles. The van der Waals surface area contributed by atoms with E-state index in [1.807, 2.05) is 29.5 Å². The lowest BCUT2D eigenvalue weighted by molar-refractivity contribution is 0.883. The van der Waals surface area contributed by atoms with Crippen LogP contribution in [0.25, 0.3) is 10.9 Å². The van der Waals surface area contributed by atoms with Gasteiger partial charge in [-0.3, -0.25) is 4.98 Å². The van der Waals surface area contributed by atoms with Crippen LogP contribution in [0.3, 0.4) is 0 Å². The van der Waals surface area contributed by atoms with Gasteiger partial charge in [-0.25, -0.2) is 0 Å². The maximum atomic E-state index is 6.01. The Morgan fingerprint density at radius 2 is 2.05 bits per heavy atom. The summed E-state index contributed by atoms with van der Waals surface area (Å²) in [4.78, 5) is 7.09. The van der Waals surface area contributed by atoms with Crippen molar-refractivity contribution in [3.63, 3.8) is 0 Å². The maximum absolute atomic E-state index is 6.01. The van der Waals surface area contributed by atoms with Crippen molar-refractivity contribution < 1.29 is 0 Å². The minimum atomic E-state index is 0.252. The Balaban J connectivity index is 1.98. The lowest BCUT2D eigenvalue weighted by Crippen LogP contribution is -2.07. The summed E-state index contributed by atoms with van der Waals surface area (Å²) in [7, 11) is 0. The minimum Gasteiger partial charge on any atom is -0.397 e. The Labute approximate surface area is 128 Å². The molecule has 3 aromatic rings. The number of hydrogen-bond donors (Lipinski definition) is 2. The third-order valence-corrected chi connectivity index (χ3v) is 4.70. The van der Waals surface area contributed by atoms with E-state index in [2.05, 4.69) is 43.2 Å². The number of nitrogens with one attached hydrogen (secondary N) is 1. The molecule has 1 atom stereocenters. The van der Waals surface area contributed by atoms with Gasteiger partial charge >= 0.3 is 0 Å². The summed E-state index contributed by atoms with van der Waals surface area (Å²) in [6.45, 7) is 6.51. The van der Waals surface area contributed by atoms with Crippen molar-refractivity contribution >= 4 is 33.6 Å². The Morgan fingerprint density at radius 1 is 1.24 bits per heavy atom. The fraction of sp³-hybridized carbons (Fsp3) is 0.235. The number of para-hydroxylation sites is 1. The zero-order valence-electron chi connectivity index (χ0n) is 12.5. The molecule has 4 heteroatoms. The molecule has 2 aromatic heterocycles. The number of nitrogen functional groups attached to an aromatic ring is 1. The summed E-state index contributed by atoms with van der Waals surface area (Å²) >= 11 is 1.84. The SMILES string of the molecule is Cc1cc(C(C)Nc2ccnc3c(N)cccc23)c(C)s1. The van der Waals surface area contributed by atoms with Crippen molar-refractivity contribution in [1.82, 2.24) is 4.98 Å². The molecule has 0 saturated heterocycles. The fourth-order valence-corrected chi connectivity index (χ4v) is 3.74. The molecule has 0 spiro atoms. The summed E-state index contributed by atoms with van der Waals surface area (Å²) in [6.07, 6.45) is 1.81. The largest absolute Gasteiger partial charge is 0.397 e. The Morgan fingerprint density at radius 3 is 2.76 bits per heavy atom. The molecule has 0 bridgehead atoms. The van der Waals surface area contributed by atoms with Gasteiger partial charge in [0.2, 0.25) is 0 Å². The number of benzene rings is 1. The van der Waals surface area contributed by atoms with Crippen molar-refractivity contribution in [2.75, 3.05) is 11.1 Å². The lowest BCUT2D eigenvalue weighted by Gasteiger charge is -2.17. The number of fused-ring (bicyclic) bond motifs is 1. The average Bonchev–Trinajstić information content (AvgIpc) is 2.79. The highest BCUT2D eigenvalue weighted by Gasteiger charge is 2.13. The van der Waals surface area contributed by atoms with Gasteiger partial charge in [-0.2, -0.15) is 0 Å². The first-order valence-electron chi connectivity index (χ1n) is 7.03. The van der Waals surface area contributed by atoms with Crippen molar-refractivity contribution in [3.8, 4) is 0 Å². The molecule has 0 aliphatic heterocycles. The number of thiophene rings is 1. The minimum absolute atomic E-state index is 0.252. The molecule has 0 aliphatic rings. The molecule has 108 valence electrons. The number of aryl methyl sites for hydroxylation is 2. The standard InChI is InChI=1S/C17H19N3S/c1-10-9-14(12(3)21-10)11(2)20-16-7-8-19-17-13(16)5-4-6-15(17)18/h4-9,11H,18H2,1-3H3,(H,19,20). The quantitative estimate of drug-likeness (QED) is 0.691. The van der Waals surface area contributed by atoms with Crippen molar-refractivity contribution in [1.29, 1.82) is 0 Å². The normalized spacial score (nSPS) is 12.5. The molecule has 3 nitrogen and oxygen atoms in total. The second-order valence-electron chi connectivity index (χ2n) is 5.34. The molecular formula is C17H19N3S. The van der Waals surface area contributed by atoms with E-state index in [9.17, 15) is 0 Å². The topological polar surface area (TPSA) is 50.9 Å². The molecule has 21 heavy (non-hydrogen) atoms. The Hall–Kier alpha value is -2.07. The van der Waals surface area contributed by atoms with Crippen molar-refractivity contribution in [3.05, 3.63) is 51.8 Å². The van der Waals surface area contributed by atoms with E-state index in [1.54, 1.807) is 6.20 Å². The second-order valence-corrected chi connectivity index (χ2v) is 6.80. The van der Waals surface area contributed by atoms with Crippen LogP contribution in [0.5, 0.6) is 0 Å². The maximum Gasteiger partial charge on any atom is 0.0951 e. The predicted octanol–water partition coefficient (Wildman–Crippen LogP) is 4.67. The van der Waals surface area contributed by atoms with Gasteiger partial charge in [-0.1, -0.05) is 12.1 Å². The first-order valence-corrected chi connectivity index (χ1v) is 7.84. The fourth-order valence-electron chi connectivity index (χ4n) is 2.72. The highest BCUT2D eigenvalue weighted by Crippen LogP contribution is 2.31. The van der Waals surface area contributed by atoms with Gasteiger partial charge in [0.05, 0.1) is 11.2 Å². The van der Waals surface area contributed by atoms with Gasteiger partial charge in [0.1, 0.15) is 0 Å². The van der Waals surface area contributed by atoms with Gasteiger partial charge in [0.15, 0.2) is 0 Å². The Kier molecular flexibility index (Phi) is 3.55. The summed E-state index contributed by atoms with van der Waals surface area (Å²) in [5, 5.41) is 4.66. The van der Waals surface area contributed by atoms with Crippen molar-refractivity contribution in [2.24, 2.45) is 0 Å². The van der Waals surface area contributed by atoms with Crippen LogP contribution in [0.4, 0.5) is 11.4 Å². The van der Waals surface area contributed by atoms with Gasteiger partial charge in [0.25, 0.3) is 0 Å². The third-order valence-electron chi connectivity index (χ3n) is 3.72. The van der Waals surface area contributed by atoms with Gasteiger partial charge < -0.3 is 11.1 Å². The highest BCUT2D eigenvalue weighted by molar-refractivity contribution is 7.12. The summed E-state index contributed by atoms with van der Waals surface area (Å²) < 4.78 is 0. The molecule has 2 heterocycles. The van der Waals surface area contributed by atoms with E-state index in [0.29, 0.717) is 5.69 Å². The zero-order chi connectivity index (χ0) is 15.0. The van der Waals surface area contributed by atoms with Crippen LogP contribution in [0.1, 0.15) is 28.3 Å². The third kappa shape index (κ3) is 2.59. The lowest BCUT2D eigenvalue weighted by atomic mass is 10.1. The van der Waals surface area contributed by atoms with Gasteiger partial charge in [-0.05, 0) is 44.5 Å². The monoisotopic (exact) mass is 297 g/mol. The molecule has 0 aliphatic carbocycles. The number of nitrogens with zero attached hydrogens (tertiary/aromatic N) is 1. The molecule has 0 amide bonds. The molecule has 3 rings (SSSR count). The van der Waals surface area contributed by atoms with E-state index >= 15 is 0 Å². The predicted molar refractivity (Wildman–Crippen MR) is 92.0 cm³/mol. The van der Waals surface area contributed by atoms with E-state index in [1.165, 1.54) is 15.3 Å². The molecular weight excluding hydrogens is 278 g/mol. The second kappa shape index (κ2) is 5.37. The number of rotatable bonds is 3. The Bertz CT molecular complexity index is 792. The zero-order valence-corrected chi connectivity index (χ0v) is 13.3. The molecule has 0 fully saturated rings. The summed E-state index contributed by atoms with van der Waals surface area (Å²) in [5.41, 5.74) is 10.0. The van der Waals surface area contributed by atoms with Crippen LogP contribution in [-0.4, -0.2) is 4.98 Å². The number of anilines is 2. The van der Waals surface area contributed by atoms with Crippen LogP contribution >= 0.6 is 11.3 Å². The van der Waals surface area contributed by atoms with Crippen LogP contribution in [0.2, 0.25) is 0 Å². The van der Waals surface area contributed by atoms with Gasteiger partial charge in [0, 0.05) is 33.1 Å². The van der Waals surface area contributed by atoms with Crippen molar-refractivity contribution in [2.45, 2.75) is 26.8 Å². The average molecular weight is 297 g/mol. The number of hydrogen-bond acceptors (Lipinski definition) is 4. The molecule has 3 N–H and O–H groups in total. The van der Waals surface area contributed by atoms with E-state index < -0.39 is 0 Å². The molecule has 1 unspecified atom stereocenters. The smallest absolute Gasteiger partial charge is 0.0951 e.